The first-order chi connectivity index (χ1) is 6.08. The highest BCUT2D eigenvalue weighted by molar-refractivity contribution is 7.90. The van der Waals surface area contributed by atoms with Crippen LogP contribution in [0, 0.1) is 0 Å². The van der Waals surface area contributed by atoms with Gasteiger partial charge in [0.25, 0.3) is 0 Å². The fourth-order valence-corrected chi connectivity index (χ4v) is 1.38. The Bertz CT molecular complexity index is 331. The molecule has 13 heavy (non-hydrogen) atoms. The molecule has 0 aliphatic rings. The highest BCUT2D eigenvalue weighted by atomic mass is 32.2. The minimum absolute atomic E-state index is 0.168. The smallest absolute Gasteiger partial charge is 0.148 e. The van der Waals surface area contributed by atoms with Gasteiger partial charge in [0.1, 0.15) is 9.84 Å². The number of nitrogens with one attached hydrogen (secondary N) is 2. The molecule has 6 heteroatoms. The largest absolute Gasteiger partial charge is 0.347 e. The molecule has 0 radical (unpaired) electrons. The van der Waals surface area contributed by atoms with E-state index in [2.05, 4.69) is 15.3 Å². The number of hydrogen-bond acceptors (Lipinski definition) is 4. The molecule has 0 fully saturated rings. The van der Waals surface area contributed by atoms with Crippen LogP contribution in [-0.2, 0) is 16.4 Å². The fourth-order valence-electron chi connectivity index (χ4n) is 0.862. The van der Waals surface area contributed by atoms with Crippen LogP contribution in [0.1, 0.15) is 5.69 Å². The summed E-state index contributed by atoms with van der Waals surface area (Å²) in [6.07, 6.45) is 4.52. The molecule has 74 valence electrons. The summed E-state index contributed by atoms with van der Waals surface area (Å²) in [4.78, 5) is 6.75. The second-order valence-corrected chi connectivity index (χ2v) is 5.14. The summed E-state index contributed by atoms with van der Waals surface area (Å²) >= 11 is 0. The van der Waals surface area contributed by atoms with Gasteiger partial charge in [-0.05, 0) is 0 Å². The van der Waals surface area contributed by atoms with E-state index in [4.69, 9.17) is 0 Å². The SMILES string of the molecule is CS(=O)(=O)CCNCc1cnc[nH]1. The lowest BCUT2D eigenvalue weighted by atomic mass is 10.5. The number of H-pyrrole nitrogens is 1. The molecule has 0 aromatic carbocycles. The van der Waals surface area contributed by atoms with Crippen molar-refractivity contribution in [2.45, 2.75) is 6.54 Å². The molecule has 2 N–H and O–H groups in total. The average Bonchev–Trinajstić information content (AvgIpc) is 2.48. The molecule has 0 bridgehead atoms. The Labute approximate surface area is 77.5 Å². The van der Waals surface area contributed by atoms with Crippen LogP contribution in [0.5, 0.6) is 0 Å². The van der Waals surface area contributed by atoms with E-state index in [1.165, 1.54) is 6.26 Å². The van der Waals surface area contributed by atoms with Crippen molar-refractivity contribution >= 4 is 9.84 Å². The van der Waals surface area contributed by atoms with Crippen molar-refractivity contribution in [3.05, 3.63) is 18.2 Å². The lowest BCUT2D eigenvalue weighted by Gasteiger charge is -2.00. The summed E-state index contributed by atoms with van der Waals surface area (Å²) in [5, 5.41) is 2.99. The number of imidazole rings is 1. The molecule has 0 saturated heterocycles. The lowest BCUT2D eigenvalue weighted by Crippen LogP contribution is -2.22. The van der Waals surface area contributed by atoms with Crippen molar-refractivity contribution in [3.8, 4) is 0 Å². The third-order valence-corrected chi connectivity index (χ3v) is 2.47. The molecule has 1 aromatic rings. The van der Waals surface area contributed by atoms with Gasteiger partial charge in [0.15, 0.2) is 0 Å². The molecular formula is C7H13N3O2S. The summed E-state index contributed by atoms with van der Waals surface area (Å²) in [5.41, 5.74) is 0.952. The predicted octanol–water partition coefficient (Wildman–Crippen LogP) is -0.456. The zero-order chi connectivity index (χ0) is 9.73. The normalized spacial score (nSPS) is 11.8. The Balaban J connectivity index is 2.16. The van der Waals surface area contributed by atoms with Crippen molar-refractivity contribution in [2.24, 2.45) is 0 Å². The molecule has 0 atom stereocenters. The minimum Gasteiger partial charge on any atom is -0.347 e. The van der Waals surface area contributed by atoms with Crippen LogP contribution in [0.4, 0.5) is 0 Å². The average molecular weight is 203 g/mol. The number of aromatic nitrogens is 2. The first-order valence-electron chi connectivity index (χ1n) is 3.93. The van der Waals surface area contributed by atoms with Gasteiger partial charge in [0, 0.05) is 31.2 Å². The molecule has 1 aromatic heterocycles. The molecule has 0 saturated carbocycles. The van der Waals surface area contributed by atoms with E-state index in [9.17, 15) is 8.42 Å². The van der Waals surface area contributed by atoms with E-state index >= 15 is 0 Å². The zero-order valence-corrected chi connectivity index (χ0v) is 8.26. The number of hydrogen-bond donors (Lipinski definition) is 2. The Morgan fingerprint density at radius 3 is 2.92 bits per heavy atom. The molecular weight excluding hydrogens is 190 g/mol. The van der Waals surface area contributed by atoms with Gasteiger partial charge < -0.3 is 10.3 Å². The summed E-state index contributed by atoms with van der Waals surface area (Å²) in [6.45, 7) is 1.09. The van der Waals surface area contributed by atoms with Crippen LogP contribution in [0.3, 0.4) is 0 Å². The molecule has 5 nitrogen and oxygen atoms in total. The van der Waals surface area contributed by atoms with Crippen LogP contribution in [0.15, 0.2) is 12.5 Å². The van der Waals surface area contributed by atoms with Gasteiger partial charge in [0.2, 0.25) is 0 Å². The van der Waals surface area contributed by atoms with Crippen molar-refractivity contribution in [3.63, 3.8) is 0 Å². The first-order valence-corrected chi connectivity index (χ1v) is 6.00. The maximum atomic E-state index is 10.7. The topological polar surface area (TPSA) is 74.8 Å². The summed E-state index contributed by atoms with van der Waals surface area (Å²) in [5.74, 6) is 0.168. The Hall–Kier alpha value is -0.880. The van der Waals surface area contributed by atoms with E-state index in [0.717, 1.165) is 5.69 Å². The highest BCUT2D eigenvalue weighted by Crippen LogP contribution is 1.88. The van der Waals surface area contributed by atoms with Gasteiger partial charge in [0.05, 0.1) is 12.1 Å². The van der Waals surface area contributed by atoms with E-state index in [1.54, 1.807) is 12.5 Å². The van der Waals surface area contributed by atoms with Crippen molar-refractivity contribution in [1.82, 2.24) is 15.3 Å². The standard InChI is InChI=1S/C7H13N3O2S/c1-13(11,12)3-2-8-4-7-5-9-6-10-7/h5-6,8H,2-4H2,1H3,(H,9,10). The van der Waals surface area contributed by atoms with Crippen LogP contribution in [-0.4, -0.2) is 36.9 Å². The van der Waals surface area contributed by atoms with Crippen LogP contribution < -0.4 is 5.32 Å². The summed E-state index contributed by atoms with van der Waals surface area (Å²) in [7, 11) is -2.85. The van der Waals surface area contributed by atoms with Crippen molar-refractivity contribution < 1.29 is 8.42 Å². The summed E-state index contributed by atoms with van der Waals surface area (Å²) < 4.78 is 21.5. The van der Waals surface area contributed by atoms with Gasteiger partial charge in [-0.25, -0.2) is 13.4 Å². The highest BCUT2D eigenvalue weighted by Gasteiger charge is 2.00. The molecule has 0 spiro atoms. The predicted molar refractivity (Wildman–Crippen MR) is 50.0 cm³/mol. The maximum Gasteiger partial charge on any atom is 0.148 e. The molecule has 0 aliphatic heterocycles. The van der Waals surface area contributed by atoms with E-state index in [-0.39, 0.29) is 5.75 Å². The Morgan fingerprint density at radius 1 is 1.62 bits per heavy atom. The third-order valence-electron chi connectivity index (χ3n) is 1.52. The quantitative estimate of drug-likeness (QED) is 0.635. The van der Waals surface area contributed by atoms with Crippen LogP contribution >= 0.6 is 0 Å². The maximum absolute atomic E-state index is 10.7. The van der Waals surface area contributed by atoms with Gasteiger partial charge in [-0.15, -0.1) is 0 Å². The van der Waals surface area contributed by atoms with E-state index in [0.29, 0.717) is 13.1 Å². The number of nitrogens with zero attached hydrogens (tertiary/aromatic N) is 1. The molecule has 0 aliphatic carbocycles. The number of aromatic amines is 1. The van der Waals surface area contributed by atoms with E-state index in [1.807, 2.05) is 0 Å². The van der Waals surface area contributed by atoms with Gasteiger partial charge in [-0.2, -0.15) is 0 Å². The minimum atomic E-state index is -2.85. The second kappa shape index (κ2) is 4.38. The monoisotopic (exact) mass is 203 g/mol. The van der Waals surface area contributed by atoms with Crippen LogP contribution in [0.2, 0.25) is 0 Å². The zero-order valence-electron chi connectivity index (χ0n) is 7.45. The molecule has 0 amide bonds. The van der Waals surface area contributed by atoms with Crippen LogP contribution in [0.25, 0.3) is 0 Å². The fraction of sp³-hybridized carbons (Fsp3) is 0.571. The molecule has 1 rings (SSSR count). The van der Waals surface area contributed by atoms with Crippen molar-refractivity contribution in [1.29, 1.82) is 0 Å². The third kappa shape index (κ3) is 4.64. The van der Waals surface area contributed by atoms with Gasteiger partial charge in [-0.3, -0.25) is 0 Å². The molecule has 0 unspecified atom stereocenters. The lowest BCUT2D eigenvalue weighted by molar-refractivity contribution is 0.596. The Morgan fingerprint density at radius 2 is 2.38 bits per heavy atom. The number of sulfone groups is 1. The summed E-state index contributed by atoms with van der Waals surface area (Å²) in [6, 6.07) is 0. The Kier molecular flexibility index (Phi) is 3.44. The van der Waals surface area contributed by atoms with Crippen molar-refractivity contribution in [2.75, 3.05) is 18.6 Å². The first kappa shape index (κ1) is 10.2. The molecule has 1 heterocycles. The second-order valence-electron chi connectivity index (χ2n) is 2.88. The van der Waals surface area contributed by atoms with E-state index < -0.39 is 9.84 Å². The number of rotatable bonds is 5. The van der Waals surface area contributed by atoms with Gasteiger partial charge in [-0.1, -0.05) is 0 Å². The van der Waals surface area contributed by atoms with Gasteiger partial charge >= 0.3 is 0 Å².